The lowest BCUT2D eigenvalue weighted by molar-refractivity contribution is -0.122. The van der Waals surface area contributed by atoms with E-state index >= 15 is 0 Å². The Bertz CT molecular complexity index is 194. The van der Waals surface area contributed by atoms with Crippen molar-refractivity contribution in [1.29, 1.82) is 0 Å². The molecule has 0 rings (SSSR count). The Morgan fingerprint density at radius 1 is 1.12 bits per heavy atom. The third-order valence-electron chi connectivity index (χ3n) is 2.46. The summed E-state index contributed by atoms with van der Waals surface area (Å²) in [5, 5.41) is 0. The fourth-order valence-electron chi connectivity index (χ4n) is 1.83. The van der Waals surface area contributed by atoms with Crippen molar-refractivity contribution in [3.05, 3.63) is 0 Å². The summed E-state index contributed by atoms with van der Waals surface area (Å²) < 4.78 is 0. The van der Waals surface area contributed by atoms with Gasteiger partial charge in [0.15, 0.2) is 0 Å². The third kappa shape index (κ3) is 6.80. The van der Waals surface area contributed by atoms with Gasteiger partial charge in [-0.1, -0.05) is 27.7 Å². The van der Waals surface area contributed by atoms with Crippen LogP contribution in [0.15, 0.2) is 0 Å². The van der Waals surface area contributed by atoms with Gasteiger partial charge in [0, 0.05) is 25.6 Å². The van der Waals surface area contributed by atoms with Gasteiger partial charge >= 0.3 is 0 Å². The number of nitrogens with two attached hydrogens (primary N) is 1. The summed E-state index contributed by atoms with van der Waals surface area (Å²) in [6, 6.07) is 0.244. The van der Waals surface area contributed by atoms with Crippen LogP contribution >= 0.6 is 0 Å². The zero-order chi connectivity index (χ0) is 12.7. The second-order valence-electron chi connectivity index (χ2n) is 5.36. The number of hydrogen-bond donors (Lipinski definition) is 2. The van der Waals surface area contributed by atoms with E-state index < -0.39 is 0 Å². The molecule has 16 heavy (non-hydrogen) atoms. The average Bonchev–Trinajstić information content (AvgIpc) is 2.15. The molecule has 0 heterocycles. The third-order valence-corrected chi connectivity index (χ3v) is 2.46. The minimum absolute atomic E-state index is 0.0926. The van der Waals surface area contributed by atoms with Gasteiger partial charge < -0.3 is 0 Å². The molecule has 0 radical (unpaired) electrons. The van der Waals surface area contributed by atoms with Crippen LogP contribution < -0.4 is 11.3 Å². The topological polar surface area (TPSA) is 58.4 Å². The zero-order valence-electron chi connectivity index (χ0n) is 11.3. The molecule has 0 aromatic heterocycles. The number of amides is 1. The minimum atomic E-state index is -0.0926. The van der Waals surface area contributed by atoms with E-state index in [-0.39, 0.29) is 11.9 Å². The van der Waals surface area contributed by atoms with Gasteiger partial charge in [-0.15, -0.1) is 0 Å². The van der Waals surface area contributed by atoms with Crippen LogP contribution in [0.3, 0.4) is 0 Å². The lowest BCUT2D eigenvalue weighted by Crippen LogP contribution is -2.42. The Kier molecular flexibility index (Phi) is 7.34. The molecule has 3 N–H and O–H groups in total. The van der Waals surface area contributed by atoms with E-state index in [1.54, 1.807) is 0 Å². The van der Waals surface area contributed by atoms with Crippen LogP contribution in [0.4, 0.5) is 0 Å². The Balaban J connectivity index is 4.30. The van der Waals surface area contributed by atoms with Crippen molar-refractivity contribution >= 4 is 5.91 Å². The number of hydrazine groups is 1. The second-order valence-corrected chi connectivity index (χ2v) is 5.36. The van der Waals surface area contributed by atoms with E-state index in [1.807, 2.05) is 0 Å². The Morgan fingerprint density at radius 3 is 1.88 bits per heavy atom. The predicted octanol–water partition coefficient (Wildman–Crippen LogP) is 1.37. The summed E-state index contributed by atoms with van der Waals surface area (Å²) in [5.74, 6) is 6.24. The first-order valence-corrected chi connectivity index (χ1v) is 6.10. The molecule has 1 atom stereocenters. The average molecular weight is 229 g/mol. The maximum absolute atomic E-state index is 11.2. The van der Waals surface area contributed by atoms with Crippen molar-refractivity contribution in [1.82, 2.24) is 10.3 Å². The number of nitrogens with zero attached hydrogens (tertiary/aromatic N) is 1. The van der Waals surface area contributed by atoms with Gasteiger partial charge in [-0.3, -0.25) is 15.1 Å². The van der Waals surface area contributed by atoms with Crippen LogP contribution in [-0.2, 0) is 4.79 Å². The smallest absolute Gasteiger partial charge is 0.235 e. The summed E-state index contributed by atoms with van der Waals surface area (Å²) in [6.07, 6.45) is 0.468. The van der Waals surface area contributed by atoms with E-state index in [0.717, 1.165) is 13.1 Å². The van der Waals surface area contributed by atoms with Crippen molar-refractivity contribution in [2.45, 2.75) is 47.1 Å². The van der Waals surface area contributed by atoms with Crippen molar-refractivity contribution < 1.29 is 4.79 Å². The van der Waals surface area contributed by atoms with Crippen molar-refractivity contribution in [3.63, 3.8) is 0 Å². The predicted molar refractivity (Wildman–Crippen MR) is 67.7 cm³/mol. The lowest BCUT2D eigenvalue weighted by atomic mass is 10.1. The molecule has 0 aromatic carbocycles. The first-order valence-electron chi connectivity index (χ1n) is 6.10. The van der Waals surface area contributed by atoms with Gasteiger partial charge in [0.1, 0.15) is 0 Å². The standard InChI is InChI=1S/C12H27N3O/c1-9(2)7-15(8-10(3)4)11(5)6-12(16)14-13/h9-11H,6-8,13H2,1-5H3,(H,14,16). The normalized spacial score (nSPS) is 13.6. The van der Waals surface area contributed by atoms with Gasteiger partial charge in [0.05, 0.1) is 0 Å². The number of nitrogens with one attached hydrogen (secondary N) is 1. The van der Waals surface area contributed by atoms with Gasteiger partial charge in [0.2, 0.25) is 5.91 Å². The molecule has 4 nitrogen and oxygen atoms in total. The SMILES string of the molecule is CC(C)CN(CC(C)C)C(C)CC(=O)NN. The Labute approximate surface area is 99.5 Å². The largest absolute Gasteiger partial charge is 0.300 e. The Hall–Kier alpha value is -0.610. The van der Waals surface area contributed by atoms with Crippen molar-refractivity contribution in [2.24, 2.45) is 17.7 Å². The lowest BCUT2D eigenvalue weighted by Gasteiger charge is -2.31. The van der Waals surface area contributed by atoms with Gasteiger partial charge in [-0.05, 0) is 18.8 Å². The summed E-state index contributed by atoms with van der Waals surface area (Å²) >= 11 is 0. The molecule has 0 saturated carbocycles. The van der Waals surface area contributed by atoms with Gasteiger partial charge in [-0.25, -0.2) is 5.84 Å². The molecule has 0 spiro atoms. The number of carbonyl (C=O) groups excluding carboxylic acids is 1. The molecule has 1 unspecified atom stereocenters. The molecule has 96 valence electrons. The maximum Gasteiger partial charge on any atom is 0.235 e. The molecule has 0 aliphatic carbocycles. The molecular weight excluding hydrogens is 202 g/mol. The molecule has 0 aromatic rings. The van der Waals surface area contributed by atoms with E-state index in [2.05, 4.69) is 44.9 Å². The molecule has 1 amide bonds. The van der Waals surface area contributed by atoms with Crippen LogP contribution in [0.5, 0.6) is 0 Å². The highest BCUT2D eigenvalue weighted by Gasteiger charge is 2.18. The second kappa shape index (κ2) is 7.63. The van der Waals surface area contributed by atoms with Crippen LogP contribution in [0.25, 0.3) is 0 Å². The van der Waals surface area contributed by atoms with Gasteiger partial charge in [0.25, 0.3) is 0 Å². The van der Waals surface area contributed by atoms with E-state index in [1.165, 1.54) is 0 Å². The molecule has 4 heteroatoms. The first-order chi connectivity index (χ1) is 7.36. The van der Waals surface area contributed by atoms with Crippen LogP contribution in [0.2, 0.25) is 0 Å². The highest BCUT2D eigenvalue weighted by Crippen LogP contribution is 2.10. The van der Waals surface area contributed by atoms with Crippen LogP contribution in [0, 0.1) is 11.8 Å². The van der Waals surface area contributed by atoms with E-state index in [4.69, 9.17) is 5.84 Å². The molecule has 0 bridgehead atoms. The molecule has 0 aliphatic rings. The first kappa shape index (κ1) is 15.4. The summed E-state index contributed by atoms with van der Waals surface area (Å²) in [6.45, 7) is 12.9. The maximum atomic E-state index is 11.2. The van der Waals surface area contributed by atoms with Gasteiger partial charge in [-0.2, -0.15) is 0 Å². The molecular formula is C12H27N3O. The fourth-order valence-corrected chi connectivity index (χ4v) is 1.83. The summed E-state index contributed by atoms with van der Waals surface area (Å²) in [7, 11) is 0. The fraction of sp³-hybridized carbons (Fsp3) is 0.917. The number of carbonyl (C=O) groups is 1. The highest BCUT2D eigenvalue weighted by atomic mass is 16.2. The Morgan fingerprint density at radius 2 is 1.56 bits per heavy atom. The number of hydrogen-bond acceptors (Lipinski definition) is 3. The highest BCUT2D eigenvalue weighted by molar-refractivity contribution is 5.75. The zero-order valence-corrected chi connectivity index (χ0v) is 11.3. The van der Waals surface area contributed by atoms with Crippen LogP contribution in [-0.4, -0.2) is 29.9 Å². The van der Waals surface area contributed by atoms with Crippen molar-refractivity contribution in [3.8, 4) is 0 Å². The van der Waals surface area contributed by atoms with E-state index in [0.29, 0.717) is 18.3 Å². The van der Waals surface area contributed by atoms with Crippen LogP contribution in [0.1, 0.15) is 41.0 Å². The summed E-state index contributed by atoms with van der Waals surface area (Å²) in [5.41, 5.74) is 2.19. The van der Waals surface area contributed by atoms with Crippen molar-refractivity contribution in [2.75, 3.05) is 13.1 Å². The molecule has 0 aliphatic heterocycles. The quantitative estimate of drug-likeness (QED) is 0.394. The molecule has 0 saturated heterocycles. The molecule has 0 fully saturated rings. The minimum Gasteiger partial charge on any atom is -0.300 e. The van der Waals surface area contributed by atoms with E-state index in [9.17, 15) is 4.79 Å². The number of rotatable bonds is 7. The monoisotopic (exact) mass is 229 g/mol. The summed E-state index contributed by atoms with van der Waals surface area (Å²) in [4.78, 5) is 13.6.